The minimum absolute atomic E-state index is 0.253. The Morgan fingerprint density at radius 1 is 1.50 bits per heavy atom. The van der Waals surface area contributed by atoms with Crippen LogP contribution in [-0.4, -0.2) is 19.2 Å². The lowest BCUT2D eigenvalue weighted by molar-refractivity contribution is -0.140. The monoisotopic (exact) mass is 218 g/mol. The van der Waals surface area contributed by atoms with E-state index in [4.69, 9.17) is 9.47 Å². The van der Waals surface area contributed by atoms with Crippen LogP contribution >= 0.6 is 0 Å². The number of esters is 1. The fraction of sp³-hybridized carbons (Fsp3) is 0.308. The molecule has 1 aromatic carbocycles. The lowest BCUT2D eigenvalue weighted by Gasteiger charge is -2.12. The number of carbonyl (C=O) groups excluding carboxylic acids is 1. The first-order valence-electron chi connectivity index (χ1n) is 5.16. The van der Waals surface area contributed by atoms with E-state index < -0.39 is 5.60 Å². The van der Waals surface area contributed by atoms with E-state index >= 15 is 0 Å². The van der Waals surface area contributed by atoms with Gasteiger partial charge in [0, 0.05) is 5.57 Å². The fourth-order valence-electron chi connectivity index (χ4n) is 1.47. The van der Waals surface area contributed by atoms with Gasteiger partial charge in [-0.1, -0.05) is 36.9 Å². The van der Waals surface area contributed by atoms with Crippen molar-refractivity contribution in [2.24, 2.45) is 0 Å². The Labute approximate surface area is 94.7 Å². The second kappa shape index (κ2) is 4.10. The maximum absolute atomic E-state index is 11.3. The van der Waals surface area contributed by atoms with Crippen LogP contribution in [0.5, 0.6) is 0 Å². The van der Waals surface area contributed by atoms with Crippen LogP contribution in [0.3, 0.4) is 0 Å². The molecule has 1 unspecified atom stereocenters. The van der Waals surface area contributed by atoms with E-state index in [1.54, 1.807) is 6.92 Å². The van der Waals surface area contributed by atoms with Crippen molar-refractivity contribution in [1.82, 2.24) is 0 Å². The van der Waals surface area contributed by atoms with Crippen molar-refractivity contribution in [3.05, 3.63) is 48.0 Å². The van der Waals surface area contributed by atoms with Crippen molar-refractivity contribution < 1.29 is 14.3 Å². The number of epoxide rings is 1. The highest BCUT2D eigenvalue weighted by atomic mass is 16.6. The van der Waals surface area contributed by atoms with Crippen molar-refractivity contribution in [2.75, 3.05) is 13.2 Å². The molecule has 3 nitrogen and oxygen atoms in total. The van der Waals surface area contributed by atoms with Crippen LogP contribution in [0.25, 0.3) is 0 Å². The zero-order valence-corrected chi connectivity index (χ0v) is 9.23. The van der Waals surface area contributed by atoms with Gasteiger partial charge < -0.3 is 9.47 Å². The summed E-state index contributed by atoms with van der Waals surface area (Å²) in [5, 5.41) is 0. The Morgan fingerprint density at radius 3 is 2.62 bits per heavy atom. The van der Waals surface area contributed by atoms with E-state index in [2.05, 4.69) is 6.58 Å². The normalized spacial score (nSPS) is 22.6. The van der Waals surface area contributed by atoms with E-state index in [0.29, 0.717) is 12.2 Å². The summed E-state index contributed by atoms with van der Waals surface area (Å²) in [5.74, 6) is -0.370. The minimum Gasteiger partial charge on any atom is -0.459 e. The summed E-state index contributed by atoms with van der Waals surface area (Å²) in [7, 11) is 0. The van der Waals surface area contributed by atoms with Crippen LogP contribution in [-0.2, 0) is 19.9 Å². The van der Waals surface area contributed by atoms with Gasteiger partial charge in [-0.05, 0) is 12.5 Å². The Balaban J connectivity index is 2.00. The van der Waals surface area contributed by atoms with Gasteiger partial charge in [0.15, 0.2) is 5.60 Å². The molecule has 1 fully saturated rings. The lowest BCUT2D eigenvalue weighted by Crippen LogP contribution is -2.20. The molecule has 1 saturated heterocycles. The SMILES string of the molecule is C=C(C)C(=O)OCC1(c2ccccc2)CO1. The molecule has 1 aliphatic rings. The van der Waals surface area contributed by atoms with Crippen LogP contribution in [0.4, 0.5) is 0 Å². The molecule has 0 bridgehead atoms. The number of rotatable bonds is 4. The summed E-state index contributed by atoms with van der Waals surface area (Å²) in [4.78, 5) is 11.3. The first-order chi connectivity index (χ1) is 7.64. The van der Waals surface area contributed by atoms with Gasteiger partial charge in [0.1, 0.15) is 6.61 Å². The summed E-state index contributed by atoms with van der Waals surface area (Å²) >= 11 is 0. The van der Waals surface area contributed by atoms with E-state index in [0.717, 1.165) is 5.56 Å². The summed E-state index contributed by atoms with van der Waals surface area (Å²) in [6, 6.07) is 9.78. The summed E-state index contributed by atoms with van der Waals surface area (Å²) < 4.78 is 10.5. The molecule has 0 spiro atoms. The second-order valence-corrected chi connectivity index (χ2v) is 4.01. The molecule has 1 aliphatic heterocycles. The topological polar surface area (TPSA) is 38.8 Å². The second-order valence-electron chi connectivity index (χ2n) is 4.01. The van der Waals surface area contributed by atoms with Crippen LogP contribution < -0.4 is 0 Å². The van der Waals surface area contributed by atoms with Crippen molar-refractivity contribution in [3.63, 3.8) is 0 Å². The van der Waals surface area contributed by atoms with Gasteiger partial charge in [-0.25, -0.2) is 4.79 Å². The van der Waals surface area contributed by atoms with E-state index in [9.17, 15) is 4.79 Å². The summed E-state index contributed by atoms with van der Waals surface area (Å²) in [6.45, 7) is 6.01. The molecule has 84 valence electrons. The van der Waals surface area contributed by atoms with Gasteiger partial charge in [-0.3, -0.25) is 0 Å². The maximum Gasteiger partial charge on any atom is 0.333 e. The van der Waals surface area contributed by atoms with E-state index in [1.165, 1.54) is 0 Å². The Bertz CT molecular complexity index is 404. The largest absolute Gasteiger partial charge is 0.459 e. The van der Waals surface area contributed by atoms with Gasteiger partial charge in [0.2, 0.25) is 0 Å². The van der Waals surface area contributed by atoms with Gasteiger partial charge in [-0.15, -0.1) is 0 Å². The first kappa shape index (κ1) is 10.9. The molecule has 0 saturated carbocycles. The van der Waals surface area contributed by atoms with Gasteiger partial charge in [-0.2, -0.15) is 0 Å². The molecule has 1 atom stereocenters. The highest BCUT2D eigenvalue weighted by Gasteiger charge is 2.47. The van der Waals surface area contributed by atoms with Crippen molar-refractivity contribution in [3.8, 4) is 0 Å². The zero-order valence-electron chi connectivity index (χ0n) is 9.23. The molecule has 0 radical (unpaired) electrons. The van der Waals surface area contributed by atoms with E-state index in [1.807, 2.05) is 30.3 Å². The van der Waals surface area contributed by atoms with Crippen LogP contribution in [0, 0.1) is 0 Å². The molecular formula is C13H14O3. The van der Waals surface area contributed by atoms with Gasteiger partial charge in [0.25, 0.3) is 0 Å². The van der Waals surface area contributed by atoms with Crippen molar-refractivity contribution in [1.29, 1.82) is 0 Å². The fourth-order valence-corrected chi connectivity index (χ4v) is 1.47. The number of carbonyl (C=O) groups is 1. The van der Waals surface area contributed by atoms with Crippen LogP contribution in [0.15, 0.2) is 42.5 Å². The number of hydrogen-bond acceptors (Lipinski definition) is 3. The Kier molecular flexibility index (Phi) is 2.79. The lowest BCUT2D eigenvalue weighted by atomic mass is 10.0. The minimum atomic E-state index is -0.424. The highest BCUT2D eigenvalue weighted by molar-refractivity contribution is 5.86. The molecule has 0 aromatic heterocycles. The third-order valence-corrected chi connectivity index (χ3v) is 2.58. The quantitative estimate of drug-likeness (QED) is 0.441. The van der Waals surface area contributed by atoms with Crippen molar-refractivity contribution >= 4 is 5.97 Å². The van der Waals surface area contributed by atoms with E-state index in [-0.39, 0.29) is 12.6 Å². The number of benzene rings is 1. The summed E-state index contributed by atoms with van der Waals surface area (Å²) in [6.07, 6.45) is 0. The third-order valence-electron chi connectivity index (χ3n) is 2.58. The Morgan fingerprint density at radius 2 is 2.12 bits per heavy atom. The number of hydrogen-bond donors (Lipinski definition) is 0. The third kappa shape index (κ3) is 2.14. The average molecular weight is 218 g/mol. The smallest absolute Gasteiger partial charge is 0.333 e. The molecule has 0 N–H and O–H groups in total. The molecular weight excluding hydrogens is 204 g/mol. The molecule has 16 heavy (non-hydrogen) atoms. The Hall–Kier alpha value is -1.61. The van der Waals surface area contributed by atoms with Gasteiger partial charge >= 0.3 is 5.97 Å². The average Bonchev–Trinajstić information content (AvgIpc) is 3.08. The predicted molar refractivity (Wildman–Crippen MR) is 59.8 cm³/mol. The molecule has 1 aromatic rings. The summed E-state index contributed by atoms with van der Waals surface area (Å²) in [5.41, 5.74) is 1.03. The molecule has 2 rings (SSSR count). The van der Waals surface area contributed by atoms with Crippen molar-refractivity contribution in [2.45, 2.75) is 12.5 Å². The molecule has 0 aliphatic carbocycles. The first-order valence-corrected chi connectivity index (χ1v) is 5.16. The highest BCUT2D eigenvalue weighted by Crippen LogP contribution is 2.38. The van der Waals surface area contributed by atoms with Gasteiger partial charge in [0.05, 0.1) is 6.61 Å². The zero-order chi connectivity index (χ0) is 11.6. The van der Waals surface area contributed by atoms with Crippen LogP contribution in [0.2, 0.25) is 0 Å². The number of ether oxygens (including phenoxy) is 2. The molecule has 1 heterocycles. The van der Waals surface area contributed by atoms with Crippen LogP contribution in [0.1, 0.15) is 12.5 Å². The molecule has 0 amide bonds. The molecule has 3 heteroatoms. The maximum atomic E-state index is 11.3. The standard InChI is InChI=1S/C13H14O3/c1-10(2)12(14)15-8-13(9-16-13)11-6-4-3-5-7-11/h3-7H,1,8-9H2,2H3. The predicted octanol–water partition coefficient (Wildman–Crippen LogP) is 2.03.